The number of piperidine rings is 1. The number of carbonyl (C=O) groups is 3. The highest BCUT2D eigenvalue weighted by molar-refractivity contribution is 6.21. The molecule has 1 fully saturated rings. The number of hydrogen-bond acceptors (Lipinski definition) is 4. The Kier molecular flexibility index (Phi) is 5.79. The Labute approximate surface area is 159 Å². The van der Waals surface area contributed by atoms with Gasteiger partial charge in [-0.3, -0.25) is 14.5 Å². The summed E-state index contributed by atoms with van der Waals surface area (Å²) in [7, 11) is 0. The third-order valence-corrected chi connectivity index (χ3v) is 5.12. The summed E-state index contributed by atoms with van der Waals surface area (Å²) in [5, 5.41) is 12.1. The van der Waals surface area contributed by atoms with Gasteiger partial charge in [0, 0.05) is 31.4 Å². The first-order chi connectivity index (χ1) is 12.9. The molecule has 0 aromatic heterocycles. The van der Waals surface area contributed by atoms with Crippen LogP contribution in [-0.2, 0) is 0 Å². The molecule has 7 heteroatoms. The van der Waals surface area contributed by atoms with Crippen molar-refractivity contribution in [2.75, 3.05) is 25.0 Å². The fraction of sp³-hybridized carbons (Fsp3) is 0.550. The highest BCUT2D eigenvalue weighted by Crippen LogP contribution is 2.27. The molecule has 2 N–H and O–H groups in total. The molecule has 1 atom stereocenters. The van der Waals surface area contributed by atoms with Gasteiger partial charge < -0.3 is 15.3 Å². The Hall–Kier alpha value is -2.41. The molecule has 3 rings (SSSR count). The van der Waals surface area contributed by atoms with Crippen LogP contribution in [0, 0.1) is 5.92 Å². The van der Waals surface area contributed by atoms with E-state index in [0.29, 0.717) is 36.3 Å². The molecule has 0 aliphatic carbocycles. The Balaban J connectivity index is 1.75. The highest BCUT2D eigenvalue weighted by atomic mass is 16.3. The Morgan fingerprint density at radius 2 is 1.96 bits per heavy atom. The number of nitrogens with zero attached hydrogens (tertiary/aromatic N) is 2. The van der Waals surface area contributed by atoms with Crippen molar-refractivity contribution in [3.05, 3.63) is 29.3 Å². The minimum atomic E-state index is -0.309. The van der Waals surface area contributed by atoms with Gasteiger partial charge in [-0.2, -0.15) is 0 Å². The second kappa shape index (κ2) is 8.08. The van der Waals surface area contributed by atoms with Gasteiger partial charge in [0.1, 0.15) is 0 Å². The van der Waals surface area contributed by atoms with Crippen molar-refractivity contribution in [3.8, 4) is 0 Å². The molecule has 1 aromatic rings. The number of nitrogens with one attached hydrogen (secondary N) is 1. The van der Waals surface area contributed by atoms with Crippen molar-refractivity contribution < 1.29 is 19.5 Å². The number of anilines is 1. The zero-order valence-corrected chi connectivity index (χ0v) is 15.9. The Bertz CT molecular complexity index is 745. The predicted molar refractivity (Wildman–Crippen MR) is 102 cm³/mol. The van der Waals surface area contributed by atoms with Crippen LogP contribution >= 0.6 is 0 Å². The third-order valence-electron chi connectivity index (χ3n) is 5.12. The normalized spacial score (nSPS) is 19.6. The lowest BCUT2D eigenvalue weighted by Crippen LogP contribution is -2.46. The number of likely N-dealkylation sites (tertiary alicyclic amines) is 1. The number of aliphatic hydroxyl groups is 1. The van der Waals surface area contributed by atoms with Gasteiger partial charge in [0.25, 0.3) is 11.8 Å². The van der Waals surface area contributed by atoms with Crippen LogP contribution in [-0.4, -0.2) is 58.5 Å². The van der Waals surface area contributed by atoms with E-state index in [0.717, 1.165) is 19.3 Å². The third kappa shape index (κ3) is 3.98. The minimum Gasteiger partial charge on any atom is -0.396 e. The molecule has 2 aliphatic rings. The van der Waals surface area contributed by atoms with E-state index in [9.17, 15) is 19.5 Å². The standard InChI is InChI=1S/C20H27N3O4/c1-13(2)12-23-18(25)16-7-6-14(11-17(16)19(23)26)21-20(27)22-9-4-3-5-15(22)8-10-24/h6-7,11,13,15,24H,3-5,8-10,12H2,1-2H3,(H,21,27). The maximum Gasteiger partial charge on any atom is 0.322 e. The lowest BCUT2D eigenvalue weighted by Gasteiger charge is -2.35. The number of hydrogen-bond donors (Lipinski definition) is 2. The van der Waals surface area contributed by atoms with E-state index in [1.807, 2.05) is 13.8 Å². The Morgan fingerprint density at radius 3 is 2.67 bits per heavy atom. The average Bonchev–Trinajstić information content (AvgIpc) is 2.86. The van der Waals surface area contributed by atoms with Gasteiger partial charge in [-0.1, -0.05) is 13.8 Å². The summed E-state index contributed by atoms with van der Waals surface area (Å²) in [5.74, 6) is -0.398. The number of rotatable bonds is 5. The number of aliphatic hydroxyl groups excluding tert-OH is 1. The van der Waals surface area contributed by atoms with Crippen LogP contribution in [0.1, 0.15) is 60.2 Å². The molecule has 7 nitrogen and oxygen atoms in total. The van der Waals surface area contributed by atoms with Gasteiger partial charge >= 0.3 is 6.03 Å². The van der Waals surface area contributed by atoms with E-state index in [1.165, 1.54) is 4.90 Å². The average molecular weight is 373 g/mol. The molecule has 27 heavy (non-hydrogen) atoms. The number of imide groups is 1. The van der Waals surface area contributed by atoms with Crippen LogP contribution in [0.5, 0.6) is 0 Å². The maximum absolute atomic E-state index is 12.7. The van der Waals surface area contributed by atoms with Crippen LogP contribution in [0.3, 0.4) is 0 Å². The minimum absolute atomic E-state index is 0.0305. The molecule has 1 aromatic carbocycles. The SMILES string of the molecule is CC(C)CN1C(=O)c2ccc(NC(=O)N3CCCCC3CCO)cc2C1=O. The van der Waals surface area contributed by atoms with Crippen molar-refractivity contribution in [2.24, 2.45) is 5.92 Å². The lowest BCUT2D eigenvalue weighted by molar-refractivity contribution is 0.0636. The summed E-state index contributed by atoms with van der Waals surface area (Å²) in [4.78, 5) is 40.7. The number of benzene rings is 1. The van der Waals surface area contributed by atoms with Crippen LogP contribution < -0.4 is 5.32 Å². The molecule has 0 saturated carbocycles. The van der Waals surface area contributed by atoms with Crippen molar-refractivity contribution in [3.63, 3.8) is 0 Å². The molecule has 2 aliphatic heterocycles. The van der Waals surface area contributed by atoms with Crippen molar-refractivity contribution in [2.45, 2.75) is 45.6 Å². The monoisotopic (exact) mass is 373 g/mol. The first-order valence-electron chi connectivity index (χ1n) is 9.61. The van der Waals surface area contributed by atoms with Crippen molar-refractivity contribution >= 4 is 23.5 Å². The summed E-state index contributed by atoms with van der Waals surface area (Å²) in [6.45, 7) is 4.99. The molecule has 0 spiro atoms. The van der Waals surface area contributed by atoms with E-state index in [1.54, 1.807) is 23.1 Å². The molecule has 2 heterocycles. The lowest BCUT2D eigenvalue weighted by atomic mass is 10.00. The van der Waals surface area contributed by atoms with Crippen LogP contribution in [0.25, 0.3) is 0 Å². The van der Waals surface area contributed by atoms with E-state index >= 15 is 0 Å². The molecule has 0 bridgehead atoms. The second-order valence-electron chi connectivity index (χ2n) is 7.66. The summed E-state index contributed by atoms with van der Waals surface area (Å²) in [6, 6.07) is 4.64. The van der Waals surface area contributed by atoms with Crippen LogP contribution in [0.2, 0.25) is 0 Å². The largest absolute Gasteiger partial charge is 0.396 e. The van der Waals surface area contributed by atoms with Gasteiger partial charge in [-0.05, 0) is 49.8 Å². The van der Waals surface area contributed by atoms with Gasteiger partial charge in [-0.15, -0.1) is 0 Å². The summed E-state index contributed by atoms with van der Waals surface area (Å²) < 4.78 is 0. The van der Waals surface area contributed by atoms with Crippen LogP contribution in [0.15, 0.2) is 18.2 Å². The van der Waals surface area contributed by atoms with Gasteiger partial charge in [0.05, 0.1) is 11.1 Å². The first-order valence-corrected chi connectivity index (χ1v) is 9.61. The van der Waals surface area contributed by atoms with Gasteiger partial charge in [0.2, 0.25) is 0 Å². The maximum atomic E-state index is 12.7. The van der Waals surface area contributed by atoms with Crippen LogP contribution in [0.4, 0.5) is 10.5 Å². The van der Waals surface area contributed by atoms with E-state index in [2.05, 4.69) is 5.32 Å². The van der Waals surface area contributed by atoms with E-state index in [4.69, 9.17) is 0 Å². The predicted octanol–water partition coefficient (Wildman–Crippen LogP) is 2.71. The zero-order valence-electron chi connectivity index (χ0n) is 15.9. The topological polar surface area (TPSA) is 90.0 Å². The van der Waals surface area contributed by atoms with Gasteiger partial charge in [0.15, 0.2) is 0 Å². The van der Waals surface area contributed by atoms with Crippen molar-refractivity contribution in [1.29, 1.82) is 0 Å². The molecule has 1 unspecified atom stereocenters. The van der Waals surface area contributed by atoms with E-state index < -0.39 is 0 Å². The smallest absolute Gasteiger partial charge is 0.322 e. The fourth-order valence-corrected chi connectivity index (χ4v) is 3.81. The summed E-state index contributed by atoms with van der Waals surface area (Å²) >= 11 is 0. The fourth-order valence-electron chi connectivity index (χ4n) is 3.81. The molecule has 4 amide bonds. The molecule has 146 valence electrons. The van der Waals surface area contributed by atoms with E-state index in [-0.39, 0.29) is 36.4 Å². The Morgan fingerprint density at radius 1 is 1.22 bits per heavy atom. The quantitative estimate of drug-likeness (QED) is 0.777. The number of fused-ring (bicyclic) bond motifs is 1. The second-order valence-corrected chi connectivity index (χ2v) is 7.66. The summed E-state index contributed by atoms with van der Waals surface area (Å²) in [5.41, 5.74) is 1.22. The number of carbonyl (C=O) groups excluding carboxylic acids is 3. The summed E-state index contributed by atoms with van der Waals surface area (Å²) in [6.07, 6.45) is 3.44. The van der Waals surface area contributed by atoms with Gasteiger partial charge in [-0.25, -0.2) is 4.79 Å². The van der Waals surface area contributed by atoms with Crippen molar-refractivity contribution in [1.82, 2.24) is 9.80 Å². The molecule has 1 saturated heterocycles. The highest BCUT2D eigenvalue weighted by Gasteiger charge is 2.36. The molecule has 0 radical (unpaired) electrons. The molecular weight excluding hydrogens is 346 g/mol. The zero-order chi connectivity index (χ0) is 19.6. The molecular formula is C20H27N3O4. The number of urea groups is 1. The number of amides is 4. The first kappa shape index (κ1) is 19.4.